The highest BCUT2D eigenvalue weighted by atomic mass is 15.1. The molecular weight excluding hydrogens is 330 g/mol. The number of hydrogen-bond donors (Lipinski definition) is 0. The molecule has 2 atom stereocenters. The second-order valence-electron chi connectivity index (χ2n) is 9.66. The summed E-state index contributed by atoms with van der Waals surface area (Å²) in [6.07, 6.45) is 14.8. The van der Waals surface area contributed by atoms with Crippen molar-refractivity contribution in [3.63, 3.8) is 0 Å². The van der Waals surface area contributed by atoms with Gasteiger partial charge in [-0.1, -0.05) is 25.8 Å². The Bertz CT molecular complexity index is 698. The molecule has 148 valence electrons. The van der Waals surface area contributed by atoms with Gasteiger partial charge in [0.25, 0.3) is 0 Å². The zero-order chi connectivity index (χ0) is 19.0. The van der Waals surface area contributed by atoms with E-state index in [0.29, 0.717) is 0 Å². The summed E-state index contributed by atoms with van der Waals surface area (Å²) in [6.45, 7) is 4.75. The molecule has 0 aliphatic heterocycles. The first-order chi connectivity index (χ1) is 13.1. The fourth-order valence-corrected chi connectivity index (χ4v) is 5.77. The van der Waals surface area contributed by atoms with Crippen LogP contribution in [0.25, 0.3) is 5.57 Å². The summed E-state index contributed by atoms with van der Waals surface area (Å²) in [5.74, 6) is 2.38. The minimum atomic E-state index is 0.755. The van der Waals surface area contributed by atoms with Crippen LogP contribution in [0.3, 0.4) is 0 Å². The molecule has 27 heavy (non-hydrogen) atoms. The normalized spacial score (nSPS) is 28.6. The van der Waals surface area contributed by atoms with Gasteiger partial charge < -0.3 is 4.90 Å². The van der Waals surface area contributed by atoms with Gasteiger partial charge >= 0.3 is 0 Å². The van der Waals surface area contributed by atoms with E-state index in [1.165, 1.54) is 68.3 Å². The molecule has 4 rings (SSSR count). The molecule has 3 aliphatic rings. The van der Waals surface area contributed by atoms with Gasteiger partial charge in [-0.05, 0) is 88.8 Å². The van der Waals surface area contributed by atoms with Gasteiger partial charge in [-0.3, -0.25) is 0 Å². The zero-order valence-corrected chi connectivity index (χ0v) is 17.8. The molecule has 3 heteroatoms. The van der Waals surface area contributed by atoms with E-state index in [9.17, 15) is 0 Å². The van der Waals surface area contributed by atoms with Crippen molar-refractivity contribution in [3.05, 3.63) is 28.9 Å². The Morgan fingerprint density at radius 2 is 1.89 bits per heavy atom. The Morgan fingerprint density at radius 3 is 2.59 bits per heavy atom. The van der Waals surface area contributed by atoms with Crippen LogP contribution >= 0.6 is 0 Å². The van der Waals surface area contributed by atoms with Crippen LogP contribution in [0.5, 0.6) is 0 Å². The Labute approximate surface area is 165 Å². The first-order valence-corrected chi connectivity index (χ1v) is 11.3. The van der Waals surface area contributed by atoms with Crippen molar-refractivity contribution in [3.8, 4) is 0 Å². The number of fused-ring (bicyclic) bond motifs is 2. The molecule has 1 aromatic heterocycles. The topological polar surface area (TPSA) is 29.0 Å². The average molecular weight is 368 g/mol. The summed E-state index contributed by atoms with van der Waals surface area (Å²) in [5, 5.41) is 0. The predicted octanol–water partition coefficient (Wildman–Crippen LogP) is 5.30. The van der Waals surface area contributed by atoms with E-state index in [4.69, 9.17) is 9.97 Å². The summed E-state index contributed by atoms with van der Waals surface area (Å²) in [5.41, 5.74) is 7.57. The highest BCUT2D eigenvalue weighted by Gasteiger charge is 2.36. The van der Waals surface area contributed by atoms with Crippen LogP contribution in [0.1, 0.15) is 82.2 Å². The maximum atomic E-state index is 4.84. The van der Waals surface area contributed by atoms with Crippen molar-refractivity contribution in [2.45, 2.75) is 84.1 Å². The smallest absolute Gasteiger partial charge is 0.115 e. The molecule has 0 amide bonds. The molecule has 1 fully saturated rings. The quantitative estimate of drug-likeness (QED) is 0.683. The second kappa shape index (κ2) is 8.03. The van der Waals surface area contributed by atoms with Gasteiger partial charge in [-0.15, -0.1) is 0 Å². The van der Waals surface area contributed by atoms with E-state index in [1.807, 2.05) is 6.33 Å². The third-order valence-corrected chi connectivity index (χ3v) is 7.65. The molecule has 1 aromatic rings. The van der Waals surface area contributed by atoms with Crippen LogP contribution < -0.4 is 0 Å². The van der Waals surface area contributed by atoms with Crippen LogP contribution in [0, 0.1) is 17.8 Å². The second-order valence-corrected chi connectivity index (χ2v) is 9.66. The van der Waals surface area contributed by atoms with E-state index in [-0.39, 0.29) is 0 Å². The van der Waals surface area contributed by atoms with Gasteiger partial charge in [0.15, 0.2) is 0 Å². The molecule has 3 nitrogen and oxygen atoms in total. The lowest BCUT2D eigenvalue weighted by Crippen LogP contribution is -2.32. The Morgan fingerprint density at radius 1 is 1.11 bits per heavy atom. The Balaban J connectivity index is 1.52. The summed E-state index contributed by atoms with van der Waals surface area (Å²) in [4.78, 5) is 12.0. The molecule has 1 saturated carbocycles. The molecule has 0 saturated heterocycles. The lowest BCUT2D eigenvalue weighted by molar-refractivity contribution is 0.192. The Kier molecular flexibility index (Phi) is 5.68. The minimum Gasteiger partial charge on any atom is -0.306 e. The van der Waals surface area contributed by atoms with E-state index in [0.717, 1.165) is 36.6 Å². The van der Waals surface area contributed by atoms with Gasteiger partial charge in [0.05, 0.1) is 11.4 Å². The SMILES string of the molecule is CC[C@@H](C)C[C@H]1CCC2=C1c1c(ncnc1CC1CCC(N(C)C)CC1)C2. The molecule has 0 unspecified atom stereocenters. The number of rotatable bonds is 6. The predicted molar refractivity (Wildman–Crippen MR) is 113 cm³/mol. The molecule has 0 radical (unpaired) electrons. The van der Waals surface area contributed by atoms with Gasteiger partial charge in [-0.2, -0.15) is 0 Å². The van der Waals surface area contributed by atoms with Gasteiger partial charge in [0, 0.05) is 18.0 Å². The van der Waals surface area contributed by atoms with Crippen LogP contribution in [0.15, 0.2) is 11.9 Å². The first-order valence-electron chi connectivity index (χ1n) is 11.3. The monoisotopic (exact) mass is 367 g/mol. The van der Waals surface area contributed by atoms with Crippen LogP contribution in [-0.4, -0.2) is 35.0 Å². The van der Waals surface area contributed by atoms with Gasteiger partial charge in [0.2, 0.25) is 0 Å². The van der Waals surface area contributed by atoms with Crippen molar-refractivity contribution in [1.82, 2.24) is 14.9 Å². The lowest BCUT2D eigenvalue weighted by Gasteiger charge is -2.32. The maximum Gasteiger partial charge on any atom is 0.115 e. The molecule has 3 aliphatic carbocycles. The third-order valence-electron chi connectivity index (χ3n) is 7.65. The average Bonchev–Trinajstić information content (AvgIpc) is 3.22. The van der Waals surface area contributed by atoms with Crippen molar-refractivity contribution < 1.29 is 0 Å². The van der Waals surface area contributed by atoms with Crippen LogP contribution in [0.4, 0.5) is 0 Å². The first kappa shape index (κ1) is 19.1. The summed E-state index contributed by atoms with van der Waals surface area (Å²) < 4.78 is 0. The van der Waals surface area contributed by atoms with Gasteiger partial charge in [0.1, 0.15) is 6.33 Å². The standard InChI is InChI=1S/C24H37N3/c1-5-16(2)12-18-8-9-19-14-22-24(23(18)19)21(25-15-26-22)13-17-6-10-20(11-7-17)27(3)4/h15-18,20H,5-14H2,1-4H3/t16-,17?,18-,20?/m1/s1. The van der Waals surface area contributed by atoms with E-state index in [2.05, 4.69) is 32.8 Å². The van der Waals surface area contributed by atoms with E-state index >= 15 is 0 Å². The third kappa shape index (κ3) is 3.85. The van der Waals surface area contributed by atoms with Crippen LogP contribution in [-0.2, 0) is 12.8 Å². The molecule has 0 bridgehead atoms. The van der Waals surface area contributed by atoms with E-state index < -0.39 is 0 Å². The molecule has 0 N–H and O–H groups in total. The highest BCUT2D eigenvalue weighted by Crippen LogP contribution is 2.49. The van der Waals surface area contributed by atoms with Crippen molar-refractivity contribution in [2.75, 3.05) is 14.1 Å². The fourth-order valence-electron chi connectivity index (χ4n) is 5.77. The van der Waals surface area contributed by atoms with Crippen molar-refractivity contribution >= 4 is 5.57 Å². The Hall–Kier alpha value is -1.22. The van der Waals surface area contributed by atoms with Crippen molar-refractivity contribution in [2.24, 2.45) is 17.8 Å². The molecular formula is C24H37N3. The molecule has 0 aromatic carbocycles. The van der Waals surface area contributed by atoms with E-state index in [1.54, 1.807) is 11.1 Å². The number of aromatic nitrogens is 2. The molecule has 0 spiro atoms. The fraction of sp³-hybridized carbons (Fsp3) is 0.750. The number of allylic oxidation sites excluding steroid dienone is 2. The largest absolute Gasteiger partial charge is 0.306 e. The number of hydrogen-bond acceptors (Lipinski definition) is 3. The summed E-state index contributed by atoms with van der Waals surface area (Å²) in [7, 11) is 4.46. The highest BCUT2D eigenvalue weighted by molar-refractivity contribution is 5.79. The summed E-state index contributed by atoms with van der Waals surface area (Å²) in [6, 6.07) is 0.779. The minimum absolute atomic E-state index is 0.755. The van der Waals surface area contributed by atoms with Crippen molar-refractivity contribution in [1.29, 1.82) is 0 Å². The lowest BCUT2D eigenvalue weighted by atomic mass is 9.81. The maximum absolute atomic E-state index is 4.84. The zero-order valence-electron chi connectivity index (χ0n) is 17.8. The molecule has 1 heterocycles. The van der Waals surface area contributed by atoms with Crippen LogP contribution in [0.2, 0.25) is 0 Å². The number of nitrogens with zero attached hydrogens (tertiary/aromatic N) is 3. The summed E-state index contributed by atoms with van der Waals surface area (Å²) >= 11 is 0. The van der Waals surface area contributed by atoms with Gasteiger partial charge in [-0.25, -0.2) is 9.97 Å².